The number of nitrogens with zero attached hydrogens (tertiary/aromatic N) is 2. The Morgan fingerprint density at radius 3 is 1.73 bits per heavy atom. The summed E-state index contributed by atoms with van der Waals surface area (Å²) in [4.78, 5) is 4.19. The molecule has 2 unspecified atom stereocenters. The second-order valence-electron chi connectivity index (χ2n) is 8.07. The number of alkyl halides is 1. The molecule has 0 aromatic carbocycles. The van der Waals surface area contributed by atoms with Crippen LogP contribution in [0.4, 0.5) is 0 Å². The molecule has 1 aromatic heterocycles. The minimum Gasteiger partial charge on any atom is -0.334 e. The predicted octanol–water partition coefficient (Wildman–Crippen LogP) is 8.31. The third-order valence-corrected chi connectivity index (χ3v) is 5.61. The number of hydrogen-bond donors (Lipinski definition) is 0. The maximum Gasteiger partial charge on any atom is 0.0948 e. The summed E-state index contributed by atoms with van der Waals surface area (Å²) in [5.41, 5.74) is 0. The molecule has 0 aliphatic carbocycles. The van der Waals surface area contributed by atoms with Crippen LogP contribution in [0.5, 0.6) is 0 Å². The summed E-state index contributed by atoms with van der Waals surface area (Å²) in [6, 6.07) is 0.516. The van der Waals surface area contributed by atoms with Crippen molar-refractivity contribution in [3.8, 4) is 0 Å². The van der Waals surface area contributed by atoms with Gasteiger partial charge in [0, 0.05) is 23.8 Å². The molecule has 26 heavy (non-hydrogen) atoms. The highest BCUT2D eigenvalue weighted by Crippen LogP contribution is 2.23. The van der Waals surface area contributed by atoms with Gasteiger partial charge in [0.05, 0.1) is 6.33 Å². The lowest BCUT2D eigenvalue weighted by Crippen LogP contribution is -2.11. The summed E-state index contributed by atoms with van der Waals surface area (Å²) >= 11 is 6.22. The van der Waals surface area contributed by atoms with E-state index in [4.69, 9.17) is 11.6 Å². The van der Waals surface area contributed by atoms with Crippen LogP contribution in [0.15, 0.2) is 18.7 Å². The van der Waals surface area contributed by atoms with Crippen molar-refractivity contribution in [2.24, 2.45) is 0 Å². The van der Waals surface area contributed by atoms with Gasteiger partial charge in [-0.05, 0) is 19.8 Å². The van der Waals surface area contributed by atoms with Gasteiger partial charge in [0.25, 0.3) is 0 Å². The van der Waals surface area contributed by atoms with Crippen LogP contribution in [0.1, 0.15) is 123 Å². The lowest BCUT2D eigenvalue weighted by Gasteiger charge is -2.19. The van der Waals surface area contributed by atoms with Crippen LogP contribution in [0.2, 0.25) is 0 Å². The van der Waals surface area contributed by atoms with Crippen LogP contribution in [-0.2, 0) is 0 Å². The number of halogens is 1. The number of rotatable bonds is 18. The summed E-state index contributed by atoms with van der Waals surface area (Å²) in [5, 5.41) is 0.231. The Hall–Kier alpha value is -0.500. The Balaban J connectivity index is 1.90. The Morgan fingerprint density at radius 1 is 0.808 bits per heavy atom. The van der Waals surface area contributed by atoms with Crippen LogP contribution >= 0.6 is 11.6 Å². The average Bonchev–Trinajstić information content (AvgIpc) is 3.15. The first kappa shape index (κ1) is 23.5. The van der Waals surface area contributed by atoms with Crippen LogP contribution in [0, 0.1) is 0 Å². The number of imidazole rings is 1. The smallest absolute Gasteiger partial charge is 0.0948 e. The van der Waals surface area contributed by atoms with Gasteiger partial charge < -0.3 is 4.57 Å². The standard InChI is InChI=1S/C23H43ClN2/c1-3-4-5-6-7-8-9-10-11-12-13-14-15-16-17-23(20-22(2)24)26-19-18-25-21-26/h18-19,21-23H,3-17,20H2,1-2H3. The fourth-order valence-electron chi connectivity index (χ4n) is 3.82. The van der Waals surface area contributed by atoms with E-state index in [1.54, 1.807) is 0 Å². The average molecular weight is 383 g/mol. The molecule has 0 fully saturated rings. The first-order chi connectivity index (χ1) is 12.7. The third kappa shape index (κ3) is 12.8. The van der Waals surface area contributed by atoms with Gasteiger partial charge in [0.15, 0.2) is 0 Å². The molecule has 0 amide bonds. The molecule has 0 bridgehead atoms. The zero-order valence-corrected chi connectivity index (χ0v) is 18.2. The van der Waals surface area contributed by atoms with Crippen molar-refractivity contribution >= 4 is 11.6 Å². The molecule has 0 aliphatic rings. The van der Waals surface area contributed by atoms with E-state index >= 15 is 0 Å². The van der Waals surface area contributed by atoms with E-state index in [0.29, 0.717) is 6.04 Å². The first-order valence-corrected chi connectivity index (χ1v) is 11.8. The zero-order valence-electron chi connectivity index (χ0n) is 17.5. The summed E-state index contributed by atoms with van der Waals surface area (Å²) in [6.07, 6.45) is 28.0. The Bertz CT molecular complexity index is 389. The van der Waals surface area contributed by atoms with E-state index < -0.39 is 0 Å². The normalized spacial score (nSPS) is 13.8. The minimum atomic E-state index is 0.231. The quantitative estimate of drug-likeness (QED) is 0.184. The highest BCUT2D eigenvalue weighted by molar-refractivity contribution is 6.20. The van der Waals surface area contributed by atoms with Crippen molar-refractivity contribution in [1.29, 1.82) is 0 Å². The van der Waals surface area contributed by atoms with E-state index in [0.717, 1.165) is 6.42 Å². The van der Waals surface area contributed by atoms with Crippen LogP contribution in [-0.4, -0.2) is 14.9 Å². The molecule has 1 aromatic rings. The molecule has 0 saturated carbocycles. The van der Waals surface area contributed by atoms with E-state index in [1.807, 2.05) is 12.5 Å². The molecular weight excluding hydrogens is 340 g/mol. The molecule has 0 saturated heterocycles. The number of hydrogen-bond acceptors (Lipinski definition) is 1. The molecule has 0 spiro atoms. The molecule has 0 radical (unpaired) electrons. The van der Waals surface area contributed by atoms with Crippen LogP contribution in [0.25, 0.3) is 0 Å². The van der Waals surface area contributed by atoms with Crippen molar-refractivity contribution in [3.05, 3.63) is 18.7 Å². The molecule has 1 rings (SSSR count). The summed E-state index contributed by atoms with van der Waals surface area (Å²) < 4.78 is 2.24. The fraction of sp³-hybridized carbons (Fsp3) is 0.870. The van der Waals surface area contributed by atoms with E-state index in [1.165, 1.54) is 96.3 Å². The van der Waals surface area contributed by atoms with Gasteiger partial charge in [-0.15, -0.1) is 11.6 Å². The monoisotopic (exact) mass is 382 g/mol. The zero-order chi connectivity index (χ0) is 18.9. The van der Waals surface area contributed by atoms with E-state index in [-0.39, 0.29) is 5.38 Å². The Labute approximate surface area is 168 Å². The molecular formula is C23H43ClN2. The van der Waals surface area contributed by atoms with Crippen molar-refractivity contribution in [2.45, 2.75) is 128 Å². The third-order valence-electron chi connectivity index (χ3n) is 5.43. The molecule has 1 heterocycles. The summed E-state index contributed by atoms with van der Waals surface area (Å²) in [5.74, 6) is 0. The van der Waals surface area contributed by atoms with Crippen LogP contribution in [0.3, 0.4) is 0 Å². The molecule has 152 valence electrons. The first-order valence-electron chi connectivity index (χ1n) is 11.4. The highest BCUT2D eigenvalue weighted by Gasteiger charge is 2.13. The van der Waals surface area contributed by atoms with Crippen molar-refractivity contribution in [2.75, 3.05) is 0 Å². The fourth-order valence-corrected chi connectivity index (χ4v) is 4.03. The Kier molecular flexibility index (Phi) is 15.1. The maximum absolute atomic E-state index is 6.22. The number of unbranched alkanes of at least 4 members (excludes halogenated alkanes) is 13. The van der Waals surface area contributed by atoms with Crippen molar-refractivity contribution < 1.29 is 0 Å². The molecule has 3 heteroatoms. The topological polar surface area (TPSA) is 17.8 Å². The van der Waals surface area contributed by atoms with Crippen LogP contribution < -0.4 is 0 Å². The second kappa shape index (κ2) is 16.7. The minimum absolute atomic E-state index is 0.231. The lowest BCUT2D eigenvalue weighted by atomic mass is 10.0. The largest absolute Gasteiger partial charge is 0.334 e. The molecule has 0 aliphatic heterocycles. The van der Waals surface area contributed by atoms with Gasteiger partial charge in [0.1, 0.15) is 0 Å². The van der Waals surface area contributed by atoms with Gasteiger partial charge in [-0.25, -0.2) is 4.98 Å². The van der Waals surface area contributed by atoms with E-state index in [2.05, 4.69) is 29.6 Å². The summed E-state index contributed by atoms with van der Waals surface area (Å²) in [7, 11) is 0. The molecule has 2 atom stereocenters. The van der Waals surface area contributed by atoms with Crippen molar-refractivity contribution in [1.82, 2.24) is 9.55 Å². The highest BCUT2D eigenvalue weighted by atomic mass is 35.5. The van der Waals surface area contributed by atoms with Gasteiger partial charge >= 0.3 is 0 Å². The van der Waals surface area contributed by atoms with Gasteiger partial charge in [-0.2, -0.15) is 0 Å². The predicted molar refractivity (Wildman–Crippen MR) is 116 cm³/mol. The number of aromatic nitrogens is 2. The van der Waals surface area contributed by atoms with E-state index in [9.17, 15) is 0 Å². The lowest BCUT2D eigenvalue weighted by molar-refractivity contribution is 0.410. The second-order valence-corrected chi connectivity index (χ2v) is 8.81. The van der Waals surface area contributed by atoms with Gasteiger partial charge in [0.2, 0.25) is 0 Å². The van der Waals surface area contributed by atoms with Crippen molar-refractivity contribution in [3.63, 3.8) is 0 Å². The van der Waals surface area contributed by atoms with Gasteiger partial charge in [-0.3, -0.25) is 0 Å². The SMILES string of the molecule is CCCCCCCCCCCCCCCCC(CC(C)Cl)n1ccnc1. The van der Waals surface area contributed by atoms with Gasteiger partial charge in [-0.1, -0.05) is 96.8 Å². The summed E-state index contributed by atoms with van der Waals surface area (Å²) in [6.45, 7) is 4.38. The molecule has 0 N–H and O–H groups in total. The Morgan fingerprint density at radius 2 is 1.31 bits per heavy atom. The maximum atomic E-state index is 6.22. The molecule has 2 nitrogen and oxygen atoms in total.